The van der Waals surface area contributed by atoms with Crippen LogP contribution in [-0.2, 0) is 0 Å². The maximum absolute atomic E-state index is 13.3. The number of benzene rings is 3. The zero-order valence-corrected chi connectivity index (χ0v) is 19.0. The molecular formula is C24H18ClFN4O2S. The summed E-state index contributed by atoms with van der Waals surface area (Å²) >= 11 is 7.08. The van der Waals surface area contributed by atoms with E-state index in [0.29, 0.717) is 27.5 Å². The Morgan fingerprint density at radius 1 is 0.970 bits per heavy atom. The molecule has 0 spiro atoms. The smallest absolute Gasteiger partial charge is 0.306 e. The number of carbonyl (C=O) groups is 2. The number of halogens is 2. The van der Waals surface area contributed by atoms with E-state index in [4.69, 9.17) is 11.6 Å². The molecule has 0 bridgehead atoms. The molecule has 0 aliphatic carbocycles. The Labute approximate surface area is 198 Å². The van der Waals surface area contributed by atoms with Crippen LogP contribution >= 0.6 is 22.9 Å². The molecule has 0 saturated carbocycles. The number of thiazole rings is 1. The Balaban J connectivity index is 1.62. The summed E-state index contributed by atoms with van der Waals surface area (Å²) < 4.78 is 13.3. The van der Waals surface area contributed by atoms with Crippen molar-refractivity contribution < 1.29 is 14.0 Å². The third kappa shape index (κ3) is 5.54. The normalized spacial score (nSPS) is 10.5. The summed E-state index contributed by atoms with van der Waals surface area (Å²) in [4.78, 5) is 30.4. The summed E-state index contributed by atoms with van der Waals surface area (Å²) in [6.45, 7) is 1.92. The van der Waals surface area contributed by atoms with Gasteiger partial charge in [0.2, 0.25) is 5.13 Å². The number of aryl methyl sites for hydroxylation is 1. The van der Waals surface area contributed by atoms with Crippen LogP contribution in [0.1, 0.15) is 15.9 Å². The largest absolute Gasteiger partial charge is 0.347 e. The molecule has 33 heavy (non-hydrogen) atoms. The second-order valence-electron chi connectivity index (χ2n) is 7.10. The minimum Gasteiger partial charge on any atom is -0.306 e. The minimum atomic E-state index is -0.613. The van der Waals surface area contributed by atoms with Crippen LogP contribution < -0.4 is 15.8 Å². The molecule has 0 aliphatic heterocycles. The highest BCUT2D eigenvalue weighted by Gasteiger charge is 2.23. The van der Waals surface area contributed by atoms with Gasteiger partial charge in [0.05, 0.1) is 5.69 Å². The third-order valence-electron chi connectivity index (χ3n) is 4.65. The molecule has 0 unspecified atom stereocenters. The Kier molecular flexibility index (Phi) is 6.67. The van der Waals surface area contributed by atoms with Crippen LogP contribution in [0.3, 0.4) is 0 Å². The number of nitrogens with zero attached hydrogens (tertiary/aromatic N) is 2. The molecule has 4 rings (SSSR count). The fourth-order valence-corrected chi connectivity index (χ4v) is 3.81. The van der Waals surface area contributed by atoms with Crippen molar-refractivity contribution in [3.05, 3.63) is 100 Å². The molecule has 0 fully saturated rings. The SMILES string of the molecule is Cc1ccc(C(=O)NN(C(=O)Nc2ccc(Cl)cc2)c2nc(-c3ccc(F)cc3)cs2)cc1. The van der Waals surface area contributed by atoms with Gasteiger partial charge in [0.1, 0.15) is 5.82 Å². The molecule has 0 atom stereocenters. The highest BCUT2D eigenvalue weighted by atomic mass is 35.5. The van der Waals surface area contributed by atoms with Crippen molar-refractivity contribution in [1.29, 1.82) is 0 Å². The maximum atomic E-state index is 13.3. The van der Waals surface area contributed by atoms with Gasteiger partial charge in [-0.3, -0.25) is 10.2 Å². The Morgan fingerprint density at radius 2 is 1.64 bits per heavy atom. The molecule has 1 heterocycles. The van der Waals surface area contributed by atoms with Crippen molar-refractivity contribution in [2.24, 2.45) is 0 Å². The molecule has 0 radical (unpaired) electrons. The molecule has 0 saturated heterocycles. The Hall–Kier alpha value is -3.75. The van der Waals surface area contributed by atoms with E-state index in [1.54, 1.807) is 53.9 Å². The molecule has 166 valence electrons. The Morgan fingerprint density at radius 3 is 2.30 bits per heavy atom. The van der Waals surface area contributed by atoms with Crippen LogP contribution in [0.15, 0.2) is 78.2 Å². The first-order valence-corrected chi connectivity index (χ1v) is 11.1. The van der Waals surface area contributed by atoms with E-state index in [2.05, 4.69) is 15.7 Å². The molecule has 3 amide bonds. The lowest BCUT2D eigenvalue weighted by molar-refractivity contribution is 0.0951. The highest BCUT2D eigenvalue weighted by molar-refractivity contribution is 7.14. The summed E-state index contributed by atoms with van der Waals surface area (Å²) in [6.07, 6.45) is 0. The van der Waals surface area contributed by atoms with Crippen LogP contribution in [0.2, 0.25) is 5.02 Å². The van der Waals surface area contributed by atoms with Crippen molar-refractivity contribution in [3.8, 4) is 11.3 Å². The fraction of sp³-hybridized carbons (Fsp3) is 0.0417. The number of amides is 3. The van der Waals surface area contributed by atoms with Gasteiger partial charge in [0, 0.05) is 27.2 Å². The Bertz CT molecular complexity index is 1280. The van der Waals surface area contributed by atoms with Crippen LogP contribution in [0.5, 0.6) is 0 Å². The standard InChI is InChI=1S/C24H18ClFN4O2S/c1-15-2-4-17(5-3-15)22(31)29-30(23(32)27-20-12-8-18(25)9-13-20)24-28-21(14-33-24)16-6-10-19(26)11-7-16/h2-14H,1H3,(H,27,32)(H,29,31). The number of carbonyl (C=O) groups excluding carboxylic acids is 2. The number of urea groups is 1. The van der Waals surface area contributed by atoms with Gasteiger partial charge >= 0.3 is 6.03 Å². The number of anilines is 2. The first-order chi connectivity index (χ1) is 15.9. The predicted octanol–water partition coefficient (Wildman–Crippen LogP) is 6.29. The summed E-state index contributed by atoms with van der Waals surface area (Å²) in [7, 11) is 0. The number of nitrogens with one attached hydrogen (secondary N) is 2. The van der Waals surface area contributed by atoms with Crippen LogP contribution in [0.4, 0.5) is 20.0 Å². The van der Waals surface area contributed by atoms with Crippen molar-refractivity contribution in [2.45, 2.75) is 6.92 Å². The number of hydrogen-bond donors (Lipinski definition) is 2. The summed E-state index contributed by atoms with van der Waals surface area (Å²) in [5.74, 6) is -0.830. The summed E-state index contributed by atoms with van der Waals surface area (Å²) in [6, 6.07) is 18.8. The average Bonchev–Trinajstić information content (AvgIpc) is 3.29. The van der Waals surface area contributed by atoms with Gasteiger partial charge in [-0.2, -0.15) is 5.01 Å². The lowest BCUT2D eigenvalue weighted by Gasteiger charge is -2.21. The summed E-state index contributed by atoms with van der Waals surface area (Å²) in [5, 5.41) is 6.26. The van der Waals surface area contributed by atoms with Gasteiger partial charge in [-0.1, -0.05) is 29.3 Å². The lowest BCUT2D eigenvalue weighted by Crippen LogP contribution is -2.48. The molecule has 4 aromatic rings. The molecule has 1 aromatic heterocycles. The number of rotatable bonds is 4. The first kappa shape index (κ1) is 22.4. The molecule has 0 aliphatic rings. The minimum absolute atomic E-state index is 0.237. The predicted molar refractivity (Wildman–Crippen MR) is 129 cm³/mol. The van der Waals surface area contributed by atoms with Crippen LogP contribution in [-0.4, -0.2) is 16.9 Å². The van der Waals surface area contributed by atoms with Gasteiger partial charge < -0.3 is 5.32 Å². The average molecular weight is 481 g/mol. The monoisotopic (exact) mass is 480 g/mol. The fourth-order valence-electron chi connectivity index (χ4n) is 2.89. The quantitative estimate of drug-likeness (QED) is 0.337. The van der Waals surface area contributed by atoms with E-state index in [1.807, 2.05) is 19.1 Å². The zero-order chi connectivity index (χ0) is 23.4. The van der Waals surface area contributed by atoms with E-state index in [9.17, 15) is 14.0 Å². The molecule has 6 nitrogen and oxygen atoms in total. The van der Waals surface area contributed by atoms with E-state index < -0.39 is 11.9 Å². The molecule has 2 N–H and O–H groups in total. The van der Waals surface area contributed by atoms with E-state index >= 15 is 0 Å². The van der Waals surface area contributed by atoms with Gasteiger partial charge in [-0.05, 0) is 67.6 Å². The highest BCUT2D eigenvalue weighted by Crippen LogP contribution is 2.27. The van der Waals surface area contributed by atoms with Crippen LogP contribution in [0, 0.1) is 12.7 Å². The van der Waals surface area contributed by atoms with E-state index in [-0.39, 0.29) is 10.9 Å². The third-order valence-corrected chi connectivity index (χ3v) is 5.73. The van der Waals surface area contributed by atoms with Crippen molar-refractivity contribution >= 4 is 45.7 Å². The number of aromatic nitrogens is 1. The summed E-state index contributed by atoms with van der Waals surface area (Å²) in [5.41, 5.74) is 5.74. The lowest BCUT2D eigenvalue weighted by atomic mass is 10.1. The number of hydrazine groups is 1. The maximum Gasteiger partial charge on any atom is 0.347 e. The number of hydrogen-bond acceptors (Lipinski definition) is 4. The van der Waals surface area contributed by atoms with E-state index in [1.165, 1.54) is 12.1 Å². The van der Waals surface area contributed by atoms with Crippen molar-refractivity contribution in [3.63, 3.8) is 0 Å². The second kappa shape index (κ2) is 9.81. The molecular weight excluding hydrogens is 463 g/mol. The van der Waals surface area contributed by atoms with Gasteiger partial charge in [-0.15, -0.1) is 11.3 Å². The van der Waals surface area contributed by atoms with Crippen LogP contribution in [0.25, 0.3) is 11.3 Å². The topological polar surface area (TPSA) is 74.3 Å². The van der Waals surface area contributed by atoms with Gasteiger partial charge in [0.15, 0.2) is 0 Å². The van der Waals surface area contributed by atoms with E-state index in [0.717, 1.165) is 21.9 Å². The second-order valence-corrected chi connectivity index (χ2v) is 8.37. The van der Waals surface area contributed by atoms with Gasteiger partial charge in [-0.25, -0.2) is 14.2 Å². The van der Waals surface area contributed by atoms with Gasteiger partial charge in [0.25, 0.3) is 5.91 Å². The van der Waals surface area contributed by atoms with Crippen molar-refractivity contribution in [2.75, 3.05) is 10.3 Å². The molecule has 9 heteroatoms. The zero-order valence-electron chi connectivity index (χ0n) is 17.4. The first-order valence-electron chi connectivity index (χ1n) is 9.85. The van der Waals surface area contributed by atoms with Crippen molar-refractivity contribution in [1.82, 2.24) is 10.4 Å². The molecule has 3 aromatic carbocycles.